The van der Waals surface area contributed by atoms with E-state index < -0.39 is 29.2 Å². The highest BCUT2D eigenvalue weighted by Crippen LogP contribution is 2.24. The Kier molecular flexibility index (Phi) is 4.87. The van der Waals surface area contributed by atoms with Gasteiger partial charge in [-0.3, -0.25) is 4.79 Å². The van der Waals surface area contributed by atoms with Crippen LogP contribution in [0.4, 0.5) is 23.2 Å². The Hall–Kier alpha value is -2.64. The number of amides is 1. The van der Waals surface area contributed by atoms with Gasteiger partial charge >= 0.3 is 0 Å². The first kappa shape index (κ1) is 17.2. The van der Waals surface area contributed by atoms with E-state index in [4.69, 9.17) is 0 Å². The van der Waals surface area contributed by atoms with Gasteiger partial charge in [0.15, 0.2) is 0 Å². The number of nitrogens with one attached hydrogen (secondary N) is 1. The van der Waals surface area contributed by atoms with Gasteiger partial charge in [-0.05, 0) is 17.5 Å². The quantitative estimate of drug-likeness (QED) is 0.662. The van der Waals surface area contributed by atoms with E-state index in [0.29, 0.717) is 25.1 Å². The van der Waals surface area contributed by atoms with E-state index in [1.807, 2.05) is 0 Å². The van der Waals surface area contributed by atoms with E-state index in [9.17, 15) is 22.4 Å². The van der Waals surface area contributed by atoms with Crippen LogP contribution < -0.4 is 5.32 Å². The maximum Gasteiger partial charge on any atom is 0.253 e. The topological polar surface area (TPSA) is 45.2 Å². The number of hydrogen-bond donors (Lipinski definition) is 1. The lowest BCUT2D eigenvalue weighted by Gasteiger charge is -2.18. The zero-order chi connectivity index (χ0) is 18.0. The van der Waals surface area contributed by atoms with Crippen LogP contribution in [-0.2, 0) is 17.9 Å². The minimum absolute atomic E-state index is 0.0538. The van der Waals surface area contributed by atoms with Gasteiger partial charge in [-0.1, -0.05) is 24.3 Å². The number of nitrogens with zero attached hydrogens (tertiary/aromatic N) is 2. The SMILES string of the molecule is O=C1CCCN1Cc1ccccc1CNc1c(F)c(F)nc(F)c1F. The predicted molar refractivity (Wildman–Crippen MR) is 82.5 cm³/mol. The third kappa shape index (κ3) is 3.57. The van der Waals surface area contributed by atoms with Crippen LogP contribution in [0, 0.1) is 23.5 Å². The predicted octanol–water partition coefficient (Wildman–Crippen LogP) is 3.37. The lowest BCUT2D eigenvalue weighted by molar-refractivity contribution is -0.128. The molecule has 0 saturated carbocycles. The molecule has 4 nitrogen and oxygen atoms in total. The molecule has 8 heteroatoms. The van der Waals surface area contributed by atoms with Gasteiger partial charge in [0.25, 0.3) is 11.9 Å². The van der Waals surface area contributed by atoms with Crippen molar-refractivity contribution in [2.75, 3.05) is 11.9 Å². The maximum absolute atomic E-state index is 13.7. The van der Waals surface area contributed by atoms with E-state index in [1.54, 1.807) is 29.2 Å². The highest BCUT2D eigenvalue weighted by Gasteiger charge is 2.22. The first-order valence-electron chi connectivity index (χ1n) is 7.75. The van der Waals surface area contributed by atoms with Crippen molar-refractivity contribution in [3.8, 4) is 0 Å². The number of likely N-dealkylation sites (tertiary alicyclic amines) is 1. The molecule has 132 valence electrons. The van der Waals surface area contributed by atoms with Crippen LogP contribution in [-0.4, -0.2) is 22.3 Å². The van der Waals surface area contributed by atoms with Gasteiger partial charge in [0.05, 0.1) is 0 Å². The molecule has 2 heterocycles. The second-order valence-corrected chi connectivity index (χ2v) is 5.74. The van der Waals surface area contributed by atoms with Gasteiger partial charge in [0.2, 0.25) is 17.5 Å². The summed E-state index contributed by atoms with van der Waals surface area (Å²) in [5.41, 5.74) is 0.553. The molecule has 0 unspecified atom stereocenters. The first-order chi connectivity index (χ1) is 12.0. The number of benzene rings is 1. The number of carbonyl (C=O) groups is 1. The highest BCUT2D eigenvalue weighted by atomic mass is 19.2. The van der Waals surface area contributed by atoms with Crippen LogP contribution in [0.5, 0.6) is 0 Å². The third-order valence-corrected chi connectivity index (χ3v) is 4.10. The lowest BCUT2D eigenvalue weighted by atomic mass is 10.1. The van der Waals surface area contributed by atoms with Gasteiger partial charge in [-0.25, -0.2) is 0 Å². The molecule has 3 rings (SSSR count). The van der Waals surface area contributed by atoms with E-state index in [2.05, 4.69) is 10.3 Å². The van der Waals surface area contributed by atoms with E-state index in [-0.39, 0.29) is 12.5 Å². The zero-order valence-electron chi connectivity index (χ0n) is 13.2. The molecule has 25 heavy (non-hydrogen) atoms. The summed E-state index contributed by atoms with van der Waals surface area (Å²) in [4.78, 5) is 16.0. The number of halogens is 4. The van der Waals surface area contributed by atoms with Crippen LogP contribution in [0.3, 0.4) is 0 Å². The van der Waals surface area contributed by atoms with Crippen molar-refractivity contribution in [1.29, 1.82) is 0 Å². The van der Waals surface area contributed by atoms with Crippen molar-refractivity contribution in [2.45, 2.75) is 25.9 Å². The average Bonchev–Trinajstić information content (AvgIpc) is 2.99. The number of rotatable bonds is 5. The van der Waals surface area contributed by atoms with E-state index >= 15 is 0 Å². The minimum Gasteiger partial charge on any atom is -0.376 e. The van der Waals surface area contributed by atoms with Crippen molar-refractivity contribution in [3.05, 3.63) is 58.9 Å². The number of hydrogen-bond acceptors (Lipinski definition) is 3. The normalized spacial score (nSPS) is 14.2. The Morgan fingerprint density at radius 1 is 1.04 bits per heavy atom. The summed E-state index contributed by atoms with van der Waals surface area (Å²) >= 11 is 0. The molecule has 1 amide bonds. The van der Waals surface area contributed by atoms with Crippen LogP contribution in [0.25, 0.3) is 0 Å². The fraction of sp³-hybridized carbons (Fsp3) is 0.294. The summed E-state index contributed by atoms with van der Waals surface area (Å²) in [6.07, 6.45) is 1.30. The van der Waals surface area contributed by atoms with Crippen LogP contribution in [0.1, 0.15) is 24.0 Å². The molecule has 0 radical (unpaired) electrons. The fourth-order valence-corrected chi connectivity index (χ4v) is 2.79. The molecule has 0 atom stereocenters. The van der Waals surface area contributed by atoms with Crippen molar-refractivity contribution < 1.29 is 22.4 Å². The van der Waals surface area contributed by atoms with Crippen LogP contribution >= 0.6 is 0 Å². The molecule has 0 spiro atoms. The summed E-state index contributed by atoms with van der Waals surface area (Å²) in [6.45, 7) is 0.973. The van der Waals surface area contributed by atoms with Crippen LogP contribution in [0.2, 0.25) is 0 Å². The molecule has 1 fully saturated rings. The van der Waals surface area contributed by atoms with Crippen LogP contribution in [0.15, 0.2) is 24.3 Å². The Bertz CT molecular complexity index is 786. The lowest BCUT2D eigenvalue weighted by Crippen LogP contribution is -2.24. The maximum atomic E-state index is 13.7. The third-order valence-electron chi connectivity index (χ3n) is 4.10. The van der Waals surface area contributed by atoms with Gasteiger partial charge in [0, 0.05) is 26.1 Å². The molecular weight excluding hydrogens is 338 g/mol. The Morgan fingerprint density at radius 3 is 2.28 bits per heavy atom. The molecule has 1 aliphatic heterocycles. The van der Waals surface area contributed by atoms with Crippen molar-refractivity contribution in [3.63, 3.8) is 0 Å². The summed E-state index contributed by atoms with van der Waals surface area (Å²) in [5.74, 6) is -6.52. The molecule has 1 N–H and O–H groups in total. The molecular formula is C17H15F4N3O. The molecule has 1 aliphatic rings. The second kappa shape index (κ2) is 7.08. The molecule has 0 bridgehead atoms. The Balaban J connectivity index is 1.79. The monoisotopic (exact) mass is 353 g/mol. The van der Waals surface area contributed by atoms with Crippen molar-refractivity contribution in [1.82, 2.24) is 9.88 Å². The number of aromatic nitrogens is 1. The molecule has 1 saturated heterocycles. The van der Waals surface area contributed by atoms with Crippen molar-refractivity contribution in [2.24, 2.45) is 0 Å². The number of anilines is 1. The Labute approximate surface area is 141 Å². The molecule has 1 aromatic carbocycles. The van der Waals surface area contributed by atoms with Crippen molar-refractivity contribution >= 4 is 11.6 Å². The minimum atomic E-state index is -1.71. The summed E-state index contributed by atoms with van der Waals surface area (Å²) in [5, 5.41) is 2.38. The number of carbonyl (C=O) groups excluding carboxylic acids is 1. The van der Waals surface area contributed by atoms with Gasteiger partial charge in [-0.15, -0.1) is 0 Å². The van der Waals surface area contributed by atoms with Gasteiger partial charge in [-0.2, -0.15) is 22.5 Å². The van der Waals surface area contributed by atoms with E-state index in [0.717, 1.165) is 12.0 Å². The largest absolute Gasteiger partial charge is 0.376 e. The smallest absolute Gasteiger partial charge is 0.253 e. The molecule has 2 aromatic rings. The molecule has 0 aliphatic carbocycles. The standard InChI is InChI=1S/C17H15F4N3O/c18-13-15(14(19)17(21)23-16(13)20)22-8-10-4-1-2-5-11(10)9-24-7-3-6-12(24)25/h1-2,4-5H,3,6-9H2,(H,22,23). The molecule has 1 aromatic heterocycles. The summed E-state index contributed by atoms with van der Waals surface area (Å²) in [6, 6.07) is 7.02. The first-order valence-corrected chi connectivity index (χ1v) is 7.75. The summed E-state index contributed by atoms with van der Waals surface area (Å²) in [7, 11) is 0. The average molecular weight is 353 g/mol. The number of pyridine rings is 1. The highest BCUT2D eigenvalue weighted by molar-refractivity contribution is 5.78. The second-order valence-electron chi connectivity index (χ2n) is 5.74. The summed E-state index contributed by atoms with van der Waals surface area (Å²) < 4.78 is 53.7. The van der Waals surface area contributed by atoms with E-state index in [1.165, 1.54) is 0 Å². The Morgan fingerprint density at radius 2 is 1.68 bits per heavy atom. The van der Waals surface area contributed by atoms with Gasteiger partial charge < -0.3 is 10.2 Å². The van der Waals surface area contributed by atoms with Gasteiger partial charge in [0.1, 0.15) is 5.69 Å². The zero-order valence-corrected chi connectivity index (χ0v) is 13.2. The fourth-order valence-electron chi connectivity index (χ4n) is 2.79.